The van der Waals surface area contributed by atoms with Crippen LogP contribution in [0.1, 0.15) is 18.0 Å². The van der Waals surface area contributed by atoms with E-state index in [9.17, 15) is 4.39 Å². The lowest BCUT2D eigenvalue weighted by atomic mass is 9.91. The fraction of sp³-hybridized carbons (Fsp3) is 0.357. The highest BCUT2D eigenvalue weighted by Crippen LogP contribution is 2.45. The molecule has 2 unspecified atom stereocenters. The Hall–Kier alpha value is -1.68. The van der Waals surface area contributed by atoms with Gasteiger partial charge in [0.1, 0.15) is 5.82 Å². The molecular weight excluding hydrogens is 229 g/mol. The Morgan fingerprint density at radius 3 is 3.17 bits per heavy atom. The number of hydrogen-bond donors (Lipinski definition) is 1. The van der Waals surface area contributed by atoms with Gasteiger partial charge in [0.2, 0.25) is 0 Å². The van der Waals surface area contributed by atoms with E-state index in [0.717, 1.165) is 36.3 Å². The number of hydrogen-bond acceptors (Lipinski definition) is 2. The molecule has 4 heteroatoms. The lowest BCUT2D eigenvalue weighted by Gasteiger charge is -2.21. The molecule has 1 N–H and O–H groups in total. The lowest BCUT2D eigenvalue weighted by Crippen LogP contribution is -2.20. The van der Waals surface area contributed by atoms with Gasteiger partial charge in [-0.3, -0.25) is 0 Å². The Labute approximate surface area is 105 Å². The maximum absolute atomic E-state index is 14.2. The second-order valence-corrected chi connectivity index (χ2v) is 5.08. The van der Waals surface area contributed by atoms with Crippen molar-refractivity contribution in [2.45, 2.75) is 12.5 Å². The Balaban J connectivity index is 1.93. The lowest BCUT2D eigenvalue weighted by molar-refractivity contribution is 0.406. The SMILES string of the molecule is Fc1cccc2c1C(C1CCNC1)n1cncc1-2. The van der Waals surface area contributed by atoms with Gasteiger partial charge < -0.3 is 9.88 Å². The van der Waals surface area contributed by atoms with Crippen molar-refractivity contribution in [2.75, 3.05) is 13.1 Å². The fourth-order valence-corrected chi connectivity index (χ4v) is 3.34. The Bertz CT molecular complexity index is 599. The van der Waals surface area contributed by atoms with Gasteiger partial charge in [0, 0.05) is 17.7 Å². The highest BCUT2D eigenvalue weighted by molar-refractivity contribution is 5.69. The largest absolute Gasteiger partial charge is 0.323 e. The van der Waals surface area contributed by atoms with E-state index in [-0.39, 0.29) is 11.9 Å². The summed E-state index contributed by atoms with van der Waals surface area (Å²) in [7, 11) is 0. The zero-order valence-electron chi connectivity index (χ0n) is 9.94. The smallest absolute Gasteiger partial charge is 0.129 e. The van der Waals surface area contributed by atoms with Gasteiger partial charge in [-0.15, -0.1) is 0 Å². The van der Waals surface area contributed by atoms with Gasteiger partial charge in [-0.25, -0.2) is 9.37 Å². The van der Waals surface area contributed by atoms with E-state index in [4.69, 9.17) is 0 Å². The van der Waals surface area contributed by atoms with Crippen molar-refractivity contribution >= 4 is 0 Å². The number of rotatable bonds is 1. The van der Waals surface area contributed by atoms with Crippen LogP contribution in [-0.4, -0.2) is 22.6 Å². The first kappa shape index (κ1) is 10.3. The van der Waals surface area contributed by atoms with Crippen LogP contribution in [0.3, 0.4) is 0 Å². The molecule has 0 amide bonds. The predicted molar refractivity (Wildman–Crippen MR) is 66.7 cm³/mol. The summed E-state index contributed by atoms with van der Waals surface area (Å²) in [4.78, 5) is 4.21. The molecule has 0 saturated carbocycles. The van der Waals surface area contributed by atoms with Gasteiger partial charge in [0.25, 0.3) is 0 Å². The fourth-order valence-electron chi connectivity index (χ4n) is 3.34. The summed E-state index contributed by atoms with van der Waals surface area (Å²) in [5, 5.41) is 3.37. The van der Waals surface area contributed by atoms with Crippen LogP contribution in [0.4, 0.5) is 4.39 Å². The summed E-state index contributed by atoms with van der Waals surface area (Å²) in [5.41, 5.74) is 2.90. The second kappa shape index (κ2) is 3.65. The standard InChI is InChI=1S/C14H14FN3/c15-11-3-1-2-10-12-7-17-8-18(12)14(13(10)11)9-4-5-16-6-9/h1-3,7-9,14,16H,4-6H2. The molecule has 0 aliphatic carbocycles. The quantitative estimate of drug-likeness (QED) is 0.832. The van der Waals surface area contributed by atoms with Crippen molar-refractivity contribution in [3.8, 4) is 11.3 Å². The van der Waals surface area contributed by atoms with E-state index in [0.29, 0.717) is 5.92 Å². The van der Waals surface area contributed by atoms with Crippen LogP contribution in [0.25, 0.3) is 11.3 Å². The molecule has 2 aromatic rings. The minimum Gasteiger partial charge on any atom is -0.323 e. The number of nitrogens with one attached hydrogen (secondary N) is 1. The molecule has 2 aliphatic rings. The molecule has 1 fully saturated rings. The highest BCUT2D eigenvalue weighted by atomic mass is 19.1. The average Bonchev–Trinajstić information content (AvgIpc) is 3.04. The highest BCUT2D eigenvalue weighted by Gasteiger charge is 2.37. The van der Waals surface area contributed by atoms with Crippen molar-refractivity contribution < 1.29 is 4.39 Å². The van der Waals surface area contributed by atoms with Crippen LogP contribution in [0, 0.1) is 11.7 Å². The van der Waals surface area contributed by atoms with E-state index < -0.39 is 0 Å². The molecular formula is C14H14FN3. The van der Waals surface area contributed by atoms with E-state index in [1.54, 1.807) is 12.1 Å². The normalized spacial score (nSPS) is 25.2. The molecule has 0 radical (unpaired) electrons. The van der Waals surface area contributed by atoms with Crippen LogP contribution in [0.5, 0.6) is 0 Å². The number of benzene rings is 1. The molecule has 3 nitrogen and oxygen atoms in total. The van der Waals surface area contributed by atoms with Crippen molar-refractivity contribution in [3.05, 3.63) is 42.1 Å². The molecule has 3 heterocycles. The number of aromatic nitrogens is 2. The monoisotopic (exact) mass is 243 g/mol. The zero-order chi connectivity index (χ0) is 12.1. The minimum atomic E-state index is -0.0897. The first-order valence-electron chi connectivity index (χ1n) is 6.37. The topological polar surface area (TPSA) is 29.9 Å². The second-order valence-electron chi connectivity index (χ2n) is 5.08. The number of fused-ring (bicyclic) bond motifs is 3. The van der Waals surface area contributed by atoms with Crippen molar-refractivity contribution in [3.63, 3.8) is 0 Å². The molecule has 2 atom stereocenters. The van der Waals surface area contributed by atoms with Gasteiger partial charge in [-0.1, -0.05) is 12.1 Å². The molecule has 92 valence electrons. The third kappa shape index (κ3) is 1.24. The van der Waals surface area contributed by atoms with E-state index in [1.165, 1.54) is 0 Å². The van der Waals surface area contributed by atoms with Gasteiger partial charge in [0.15, 0.2) is 0 Å². The Kier molecular flexibility index (Phi) is 2.08. The average molecular weight is 243 g/mol. The van der Waals surface area contributed by atoms with Gasteiger partial charge in [-0.2, -0.15) is 0 Å². The van der Waals surface area contributed by atoms with Crippen LogP contribution in [0.15, 0.2) is 30.7 Å². The summed E-state index contributed by atoms with van der Waals surface area (Å²) in [6.07, 6.45) is 4.76. The number of nitrogens with zero attached hydrogens (tertiary/aromatic N) is 2. The van der Waals surface area contributed by atoms with Crippen LogP contribution < -0.4 is 5.32 Å². The van der Waals surface area contributed by atoms with Gasteiger partial charge >= 0.3 is 0 Å². The van der Waals surface area contributed by atoms with Crippen LogP contribution >= 0.6 is 0 Å². The summed E-state index contributed by atoms with van der Waals surface area (Å²) >= 11 is 0. The van der Waals surface area contributed by atoms with E-state index >= 15 is 0 Å². The summed E-state index contributed by atoms with van der Waals surface area (Å²) in [5.74, 6) is 0.365. The maximum Gasteiger partial charge on any atom is 0.129 e. The minimum absolute atomic E-state index is 0.0897. The van der Waals surface area contributed by atoms with Crippen LogP contribution in [0.2, 0.25) is 0 Å². The molecule has 0 bridgehead atoms. The number of imidazole rings is 1. The molecule has 18 heavy (non-hydrogen) atoms. The predicted octanol–water partition coefficient (Wildman–Crippen LogP) is 2.20. The molecule has 0 spiro atoms. The van der Waals surface area contributed by atoms with Crippen molar-refractivity contribution in [2.24, 2.45) is 5.92 Å². The van der Waals surface area contributed by atoms with Gasteiger partial charge in [0.05, 0.1) is 24.3 Å². The molecule has 4 rings (SSSR count). The Morgan fingerprint density at radius 2 is 2.33 bits per heavy atom. The third-order valence-electron chi connectivity index (χ3n) is 4.14. The molecule has 1 saturated heterocycles. The van der Waals surface area contributed by atoms with Crippen LogP contribution in [-0.2, 0) is 0 Å². The van der Waals surface area contributed by atoms with Crippen molar-refractivity contribution in [1.29, 1.82) is 0 Å². The first-order valence-corrected chi connectivity index (χ1v) is 6.37. The Morgan fingerprint density at radius 1 is 1.39 bits per heavy atom. The van der Waals surface area contributed by atoms with Crippen molar-refractivity contribution in [1.82, 2.24) is 14.9 Å². The number of halogens is 1. The third-order valence-corrected chi connectivity index (χ3v) is 4.14. The first-order chi connectivity index (χ1) is 8.86. The van der Waals surface area contributed by atoms with Gasteiger partial charge in [-0.05, 0) is 24.9 Å². The molecule has 1 aromatic heterocycles. The zero-order valence-corrected chi connectivity index (χ0v) is 9.94. The summed E-state index contributed by atoms with van der Waals surface area (Å²) < 4.78 is 16.3. The molecule has 1 aromatic carbocycles. The van der Waals surface area contributed by atoms with E-state index in [2.05, 4.69) is 14.9 Å². The van der Waals surface area contributed by atoms with E-state index in [1.807, 2.05) is 18.6 Å². The maximum atomic E-state index is 14.2. The summed E-state index contributed by atoms with van der Waals surface area (Å²) in [6.45, 7) is 1.98. The molecule has 2 aliphatic heterocycles. The summed E-state index contributed by atoms with van der Waals surface area (Å²) in [6, 6.07) is 5.44.